The van der Waals surface area contributed by atoms with E-state index in [-0.39, 0.29) is 12.6 Å². The van der Waals surface area contributed by atoms with Gasteiger partial charge in [0.2, 0.25) is 6.79 Å². The molecule has 2 heterocycles. The maximum atomic E-state index is 13.3. The summed E-state index contributed by atoms with van der Waals surface area (Å²) >= 11 is 0. The fourth-order valence-electron chi connectivity index (χ4n) is 2.54. The van der Waals surface area contributed by atoms with Crippen LogP contribution in [0.2, 0.25) is 0 Å². The SMILES string of the molecule is O=C(C=Cc1cc(-c2ccc(F)c(F)c2)n[nH]1)c1ccc2c(c1)OCO2. The lowest BCUT2D eigenvalue weighted by Gasteiger charge is -1.98. The van der Waals surface area contributed by atoms with Gasteiger partial charge < -0.3 is 9.47 Å². The summed E-state index contributed by atoms with van der Waals surface area (Å²) in [5.74, 6) is -0.937. The van der Waals surface area contributed by atoms with Gasteiger partial charge in [0, 0.05) is 11.1 Å². The van der Waals surface area contributed by atoms with E-state index in [2.05, 4.69) is 10.2 Å². The standard InChI is InChI=1S/C19H12F2N2O3/c20-14-4-1-11(7-15(14)21)16-9-13(22-23-16)3-5-17(24)12-2-6-18-19(8-12)26-10-25-18/h1-9H,10H2,(H,22,23). The molecular weight excluding hydrogens is 342 g/mol. The Labute approximate surface area is 146 Å². The molecule has 1 N–H and O–H groups in total. The molecule has 0 saturated heterocycles. The van der Waals surface area contributed by atoms with Crippen molar-refractivity contribution in [3.05, 3.63) is 71.4 Å². The van der Waals surface area contributed by atoms with E-state index in [0.29, 0.717) is 34.0 Å². The minimum Gasteiger partial charge on any atom is -0.454 e. The van der Waals surface area contributed by atoms with E-state index < -0.39 is 11.6 Å². The van der Waals surface area contributed by atoms with Crippen LogP contribution < -0.4 is 9.47 Å². The molecule has 5 nitrogen and oxygen atoms in total. The number of halogens is 2. The van der Waals surface area contributed by atoms with Crippen LogP contribution >= 0.6 is 0 Å². The third-order valence-corrected chi connectivity index (χ3v) is 3.88. The summed E-state index contributed by atoms with van der Waals surface area (Å²) in [6.45, 7) is 0.143. The second-order valence-corrected chi connectivity index (χ2v) is 5.60. The number of nitrogens with one attached hydrogen (secondary N) is 1. The second-order valence-electron chi connectivity index (χ2n) is 5.60. The van der Waals surface area contributed by atoms with Crippen LogP contribution in [0.4, 0.5) is 8.78 Å². The van der Waals surface area contributed by atoms with Gasteiger partial charge in [-0.05, 0) is 54.6 Å². The first-order valence-electron chi connectivity index (χ1n) is 7.73. The number of aromatic nitrogens is 2. The van der Waals surface area contributed by atoms with Crippen LogP contribution in [0.5, 0.6) is 11.5 Å². The Hall–Kier alpha value is -3.48. The molecule has 4 rings (SSSR count). The molecule has 0 saturated carbocycles. The first-order chi connectivity index (χ1) is 12.6. The Morgan fingerprint density at radius 2 is 1.88 bits per heavy atom. The summed E-state index contributed by atoms with van der Waals surface area (Å²) in [7, 11) is 0. The topological polar surface area (TPSA) is 64.2 Å². The zero-order chi connectivity index (χ0) is 18.1. The van der Waals surface area contributed by atoms with Crippen LogP contribution in [0.1, 0.15) is 16.1 Å². The summed E-state index contributed by atoms with van der Waals surface area (Å²) < 4.78 is 36.8. The third-order valence-electron chi connectivity index (χ3n) is 3.88. The maximum absolute atomic E-state index is 13.3. The summed E-state index contributed by atoms with van der Waals surface area (Å²) in [6, 6.07) is 10.1. The third kappa shape index (κ3) is 3.06. The highest BCUT2D eigenvalue weighted by Gasteiger charge is 2.15. The molecule has 3 aromatic rings. The number of carbonyl (C=O) groups excluding carboxylic acids is 1. The van der Waals surface area contributed by atoms with Crippen LogP contribution in [0.3, 0.4) is 0 Å². The first-order valence-corrected chi connectivity index (χ1v) is 7.73. The Morgan fingerprint density at radius 1 is 1.04 bits per heavy atom. The fraction of sp³-hybridized carbons (Fsp3) is 0.0526. The van der Waals surface area contributed by atoms with Crippen LogP contribution in [0.15, 0.2) is 48.5 Å². The second kappa shape index (κ2) is 6.44. The quantitative estimate of drug-likeness (QED) is 0.569. The molecule has 130 valence electrons. The number of ketones is 1. The zero-order valence-electron chi connectivity index (χ0n) is 13.3. The highest BCUT2D eigenvalue weighted by molar-refractivity contribution is 6.07. The van der Waals surface area contributed by atoms with E-state index in [9.17, 15) is 13.6 Å². The van der Waals surface area contributed by atoms with Crippen molar-refractivity contribution in [1.29, 1.82) is 0 Å². The van der Waals surface area contributed by atoms with Gasteiger partial charge in [0.15, 0.2) is 28.9 Å². The van der Waals surface area contributed by atoms with Gasteiger partial charge in [-0.3, -0.25) is 9.89 Å². The van der Waals surface area contributed by atoms with Crippen molar-refractivity contribution in [2.24, 2.45) is 0 Å². The molecule has 0 unspecified atom stereocenters. The predicted molar refractivity (Wildman–Crippen MR) is 89.9 cm³/mol. The van der Waals surface area contributed by atoms with Gasteiger partial charge >= 0.3 is 0 Å². The largest absolute Gasteiger partial charge is 0.454 e. The number of rotatable bonds is 4. The highest BCUT2D eigenvalue weighted by Crippen LogP contribution is 2.32. The molecule has 1 aromatic heterocycles. The number of nitrogens with zero attached hydrogens (tertiary/aromatic N) is 1. The van der Waals surface area contributed by atoms with Crippen molar-refractivity contribution in [2.45, 2.75) is 0 Å². The van der Waals surface area contributed by atoms with Crippen LogP contribution in [-0.4, -0.2) is 22.8 Å². The Morgan fingerprint density at radius 3 is 2.73 bits per heavy atom. The summed E-state index contributed by atoms with van der Waals surface area (Å²) in [5, 5.41) is 6.78. The van der Waals surface area contributed by atoms with Crippen molar-refractivity contribution in [3.8, 4) is 22.8 Å². The molecule has 0 fully saturated rings. The number of fused-ring (bicyclic) bond motifs is 1. The monoisotopic (exact) mass is 354 g/mol. The maximum Gasteiger partial charge on any atom is 0.231 e. The Bertz CT molecular complexity index is 1030. The summed E-state index contributed by atoms with van der Waals surface area (Å²) in [4.78, 5) is 12.3. The van der Waals surface area contributed by atoms with Gasteiger partial charge in [0.1, 0.15) is 0 Å². The Kier molecular flexibility index (Phi) is 3.96. The summed E-state index contributed by atoms with van der Waals surface area (Å²) in [5.41, 5.74) is 1.89. The van der Waals surface area contributed by atoms with E-state index >= 15 is 0 Å². The lowest BCUT2D eigenvalue weighted by molar-refractivity contribution is 0.104. The average Bonchev–Trinajstić information content (AvgIpc) is 3.30. The molecule has 0 radical (unpaired) electrons. The average molecular weight is 354 g/mol. The molecule has 0 bridgehead atoms. The van der Waals surface area contributed by atoms with Gasteiger partial charge in [-0.25, -0.2) is 8.78 Å². The highest BCUT2D eigenvalue weighted by atomic mass is 19.2. The predicted octanol–water partition coefficient (Wildman–Crippen LogP) is 3.98. The van der Waals surface area contributed by atoms with Crippen molar-refractivity contribution in [3.63, 3.8) is 0 Å². The van der Waals surface area contributed by atoms with E-state index in [1.807, 2.05) is 0 Å². The number of ether oxygens (including phenoxy) is 2. The minimum absolute atomic E-state index is 0.143. The normalized spacial score (nSPS) is 12.7. The number of hydrogen-bond acceptors (Lipinski definition) is 4. The van der Waals surface area contributed by atoms with Crippen molar-refractivity contribution in [2.75, 3.05) is 6.79 Å². The van der Waals surface area contributed by atoms with E-state index in [1.54, 1.807) is 30.3 Å². The van der Waals surface area contributed by atoms with Gasteiger partial charge in [-0.1, -0.05) is 0 Å². The number of aromatic amines is 1. The molecule has 2 aromatic carbocycles. The number of H-pyrrole nitrogens is 1. The van der Waals surface area contributed by atoms with Gasteiger partial charge in [0.25, 0.3) is 0 Å². The molecular formula is C19H12F2N2O3. The summed E-state index contributed by atoms with van der Waals surface area (Å²) in [6.07, 6.45) is 2.95. The minimum atomic E-state index is -0.944. The molecule has 26 heavy (non-hydrogen) atoms. The van der Waals surface area contributed by atoms with Crippen LogP contribution in [-0.2, 0) is 0 Å². The lowest BCUT2D eigenvalue weighted by atomic mass is 10.1. The van der Waals surface area contributed by atoms with Crippen molar-refractivity contribution >= 4 is 11.9 Å². The first kappa shape index (κ1) is 16.0. The molecule has 0 spiro atoms. The fourth-order valence-corrected chi connectivity index (χ4v) is 2.54. The number of carbonyl (C=O) groups is 1. The molecule has 0 amide bonds. The zero-order valence-corrected chi connectivity index (χ0v) is 13.3. The van der Waals surface area contributed by atoms with Crippen molar-refractivity contribution in [1.82, 2.24) is 10.2 Å². The molecule has 0 aliphatic carbocycles. The van der Waals surface area contributed by atoms with E-state index in [0.717, 1.165) is 12.1 Å². The molecule has 7 heteroatoms. The van der Waals surface area contributed by atoms with Crippen LogP contribution in [0, 0.1) is 11.6 Å². The Balaban J connectivity index is 1.51. The number of allylic oxidation sites excluding steroid dienone is 1. The lowest BCUT2D eigenvalue weighted by Crippen LogP contribution is -1.94. The molecule has 0 atom stereocenters. The smallest absolute Gasteiger partial charge is 0.231 e. The number of hydrogen-bond donors (Lipinski definition) is 1. The van der Waals surface area contributed by atoms with E-state index in [4.69, 9.17) is 9.47 Å². The van der Waals surface area contributed by atoms with Crippen molar-refractivity contribution < 1.29 is 23.0 Å². The number of benzene rings is 2. The molecule has 1 aliphatic rings. The van der Waals surface area contributed by atoms with Gasteiger partial charge in [-0.2, -0.15) is 5.10 Å². The van der Waals surface area contributed by atoms with Crippen LogP contribution in [0.25, 0.3) is 17.3 Å². The van der Waals surface area contributed by atoms with Gasteiger partial charge in [0.05, 0.1) is 11.4 Å². The van der Waals surface area contributed by atoms with E-state index in [1.165, 1.54) is 12.1 Å². The molecule has 1 aliphatic heterocycles. The van der Waals surface area contributed by atoms with Gasteiger partial charge in [-0.15, -0.1) is 0 Å².